The van der Waals surface area contributed by atoms with Crippen LogP contribution in [0, 0.1) is 11.8 Å². The molecule has 2 aliphatic carbocycles. The van der Waals surface area contributed by atoms with Crippen LogP contribution in [0.2, 0.25) is 0 Å². The van der Waals surface area contributed by atoms with Gasteiger partial charge >= 0.3 is 0 Å². The zero-order chi connectivity index (χ0) is 13.0. The number of nitrogens with two attached hydrogens (primary N) is 1. The van der Waals surface area contributed by atoms with E-state index in [1.807, 2.05) is 11.9 Å². The van der Waals surface area contributed by atoms with Gasteiger partial charge in [-0.3, -0.25) is 4.79 Å². The molecule has 0 spiro atoms. The lowest BCUT2D eigenvalue weighted by Gasteiger charge is -2.35. The molecule has 3 nitrogen and oxygen atoms in total. The van der Waals surface area contributed by atoms with Crippen molar-refractivity contribution in [3.63, 3.8) is 0 Å². The Morgan fingerprint density at radius 2 is 1.72 bits per heavy atom. The third kappa shape index (κ3) is 3.98. The molecule has 0 aromatic carbocycles. The second kappa shape index (κ2) is 6.55. The molecule has 0 saturated heterocycles. The van der Waals surface area contributed by atoms with Crippen LogP contribution < -0.4 is 5.73 Å². The topological polar surface area (TPSA) is 46.3 Å². The number of carbonyl (C=O) groups excluding carboxylic acids is 1. The summed E-state index contributed by atoms with van der Waals surface area (Å²) in [4.78, 5) is 14.1. The zero-order valence-electron chi connectivity index (χ0n) is 11.7. The monoisotopic (exact) mass is 252 g/mol. The highest BCUT2D eigenvalue weighted by Gasteiger charge is 2.28. The van der Waals surface area contributed by atoms with E-state index in [1.165, 1.54) is 38.5 Å². The third-order valence-electron chi connectivity index (χ3n) is 4.67. The van der Waals surface area contributed by atoms with Crippen molar-refractivity contribution in [3.05, 3.63) is 0 Å². The van der Waals surface area contributed by atoms with E-state index in [-0.39, 0.29) is 0 Å². The molecule has 2 aliphatic rings. The van der Waals surface area contributed by atoms with E-state index in [9.17, 15) is 4.79 Å². The molecular weight excluding hydrogens is 224 g/mol. The average Bonchev–Trinajstić information content (AvgIpc) is 2.55. The molecule has 0 aromatic rings. The second-order valence-electron chi connectivity index (χ2n) is 6.43. The van der Waals surface area contributed by atoms with E-state index < -0.39 is 0 Å². The van der Waals surface area contributed by atoms with Gasteiger partial charge in [0.2, 0.25) is 5.91 Å². The minimum absolute atomic E-state index is 0.349. The maximum absolute atomic E-state index is 12.2. The number of carbonyl (C=O) groups is 1. The molecular formula is C15H28N2O. The first-order valence-corrected chi connectivity index (χ1v) is 7.64. The van der Waals surface area contributed by atoms with Gasteiger partial charge in [0.15, 0.2) is 0 Å². The van der Waals surface area contributed by atoms with Crippen LogP contribution in [0.5, 0.6) is 0 Å². The van der Waals surface area contributed by atoms with Crippen molar-refractivity contribution in [1.82, 2.24) is 4.90 Å². The van der Waals surface area contributed by atoms with Crippen LogP contribution >= 0.6 is 0 Å². The maximum atomic E-state index is 12.2. The smallest absolute Gasteiger partial charge is 0.222 e. The summed E-state index contributed by atoms with van der Waals surface area (Å²) in [6.45, 7) is 0.916. The van der Waals surface area contributed by atoms with E-state index in [0.717, 1.165) is 25.8 Å². The van der Waals surface area contributed by atoms with Gasteiger partial charge in [-0.15, -0.1) is 0 Å². The van der Waals surface area contributed by atoms with Gasteiger partial charge in [-0.1, -0.05) is 25.7 Å². The Bertz CT molecular complexity index is 266. The lowest BCUT2D eigenvalue weighted by molar-refractivity contribution is -0.132. The normalized spacial score (nSPS) is 29.4. The maximum Gasteiger partial charge on any atom is 0.222 e. The molecule has 2 fully saturated rings. The Balaban J connectivity index is 1.69. The van der Waals surface area contributed by atoms with Gasteiger partial charge in [-0.25, -0.2) is 0 Å². The fourth-order valence-corrected chi connectivity index (χ4v) is 3.40. The number of hydrogen-bond acceptors (Lipinski definition) is 2. The van der Waals surface area contributed by atoms with Crippen LogP contribution in [0.25, 0.3) is 0 Å². The number of hydrogen-bond donors (Lipinski definition) is 1. The summed E-state index contributed by atoms with van der Waals surface area (Å²) in [5, 5.41) is 0. The number of amides is 1. The Morgan fingerprint density at radius 3 is 2.28 bits per heavy atom. The van der Waals surface area contributed by atoms with Gasteiger partial charge in [-0.05, 0) is 37.5 Å². The van der Waals surface area contributed by atoms with Crippen LogP contribution in [-0.2, 0) is 4.79 Å². The molecule has 2 N–H and O–H groups in total. The molecule has 2 saturated carbocycles. The van der Waals surface area contributed by atoms with Crippen LogP contribution in [0.1, 0.15) is 57.8 Å². The summed E-state index contributed by atoms with van der Waals surface area (Å²) in [7, 11) is 1.96. The van der Waals surface area contributed by atoms with Crippen LogP contribution in [0.4, 0.5) is 0 Å². The first-order chi connectivity index (χ1) is 8.65. The molecule has 0 bridgehead atoms. The highest BCUT2D eigenvalue weighted by Crippen LogP contribution is 2.28. The third-order valence-corrected chi connectivity index (χ3v) is 4.67. The summed E-state index contributed by atoms with van der Waals surface area (Å²) in [5.74, 6) is 1.65. The lowest BCUT2D eigenvalue weighted by atomic mass is 9.80. The highest BCUT2D eigenvalue weighted by atomic mass is 16.2. The molecule has 0 aliphatic heterocycles. The second-order valence-corrected chi connectivity index (χ2v) is 6.43. The molecule has 0 atom stereocenters. The molecule has 0 aromatic heterocycles. The average molecular weight is 252 g/mol. The largest absolute Gasteiger partial charge is 0.345 e. The molecule has 1 amide bonds. The van der Waals surface area contributed by atoms with Crippen molar-refractivity contribution in [2.75, 3.05) is 13.6 Å². The van der Waals surface area contributed by atoms with Gasteiger partial charge in [0.1, 0.15) is 0 Å². The van der Waals surface area contributed by atoms with Crippen molar-refractivity contribution in [2.24, 2.45) is 17.6 Å². The number of rotatable bonds is 4. The van der Waals surface area contributed by atoms with Crippen molar-refractivity contribution in [1.29, 1.82) is 0 Å². The van der Waals surface area contributed by atoms with E-state index in [0.29, 0.717) is 23.8 Å². The summed E-state index contributed by atoms with van der Waals surface area (Å²) >= 11 is 0. The van der Waals surface area contributed by atoms with Crippen LogP contribution in [-0.4, -0.2) is 30.4 Å². The predicted molar refractivity (Wildman–Crippen MR) is 74.1 cm³/mol. The van der Waals surface area contributed by atoms with E-state index in [4.69, 9.17) is 5.73 Å². The summed E-state index contributed by atoms with van der Waals surface area (Å²) in [6.07, 6.45) is 10.8. The van der Waals surface area contributed by atoms with E-state index in [2.05, 4.69) is 0 Å². The van der Waals surface area contributed by atoms with Crippen molar-refractivity contribution >= 4 is 5.91 Å². The molecule has 2 rings (SSSR count). The van der Waals surface area contributed by atoms with Crippen LogP contribution in [0.15, 0.2) is 0 Å². The Morgan fingerprint density at radius 1 is 1.11 bits per heavy atom. The summed E-state index contributed by atoms with van der Waals surface area (Å²) < 4.78 is 0. The molecule has 0 unspecified atom stereocenters. The Kier molecular flexibility index (Phi) is 5.04. The van der Waals surface area contributed by atoms with Gasteiger partial charge in [0, 0.05) is 26.1 Å². The molecule has 0 radical (unpaired) electrons. The predicted octanol–water partition coefficient (Wildman–Crippen LogP) is 2.54. The van der Waals surface area contributed by atoms with Crippen molar-refractivity contribution < 1.29 is 4.79 Å². The fourth-order valence-electron chi connectivity index (χ4n) is 3.40. The van der Waals surface area contributed by atoms with E-state index >= 15 is 0 Å². The van der Waals surface area contributed by atoms with E-state index in [1.54, 1.807) is 0 Å². The first-order valence-electron chi connectivity index (χ1n) is 7.64. The van der Waals surface area contributed by atoms with Gasteiger partial charge in [0.25, 0.3) is 0 Å². The molecule has 0 heterocycles. The first kappa shape index (κ1) is 13.9. The standard InChI is InChI=1S/C15H28N2O/c1-17(11-13-8-14(16)9-13)15(18)10-12-6-4-2-3-5-7-12/h12-14H,2-11,16H2,1H3. The molecule has 3 heteroatoms. The fraction of sp³-hybridized carbons (Fsp3) is 0.933. The van der Waals surface area contributed by atoms with Crippen molar-refractivity contribution in [2.45, 2.75) is 63.8 Å². The SMILES string of the molecule is CN(CC1CC(N)C1)C(=O)CC1CCCCCC1. The van der Waals surface area contributed by atoms with Gasteiger partial charge < -0.3 is 10.6 Å². The van der Waals surface area contributed by atoms with Gasteiger partial charge in [0.05, 0.1) is 0 Å². The Labute approximate surface area is 111 Å². The molecule has 18 heavy (non-hydrogen) atoms. The summed E-state index contributed by atoms with van der Waals surface area (Å²) in [6, 6.07) is 0.389. The zero-order valence-corrected chi connectivity index (χ0v) is 11.7. The Hall–Kier alpha value is -0.570. The summed E-state index contributed by atoms with van der Waals surface area (Å²) in [5.41, 5.74) is 5.78. The lowest BCUT2D eigenvalue weighted by Crippen LogP contribution is -2.43. The van der Waals surface area contributed by atoms with Crippen molar-refractivity contribution in [3.8, 4) is 0 Å². The minimum Gasteiger partial charge on any atom is -0.345 e. The number of nitrogens with zero attached hydrogens (tertiary/aromatic N) is 1. The van der Waals surface area contributed by atoms with Gasteiger partial charge in [-0.2, -0.15) is 0 Å². The molecule has 104 valence electrons. The quantitative estimate of drug-likeness (QED) is 0.782. The highest BCUT2D eigenvalue weighted by molar-refractivity contribution is 5.76. The van der Waals surface area contributed by atoms with Crippen LogP contribution in [0.3, 0.4) is 0 Å². The minimum atomic E-state index is 0.349.